The molecule has 2 unspecified atom stereocenters. The molecule has 0 saturated heterocycles. The summed E-state index contributed by atoms with van der Waals surface area (Å²) in [6.45, 7) is 14.6. The first-order valence-electron chi connectivity index (χ1n) is 12.4. The number of alkyl carbamates (subject to hydrolysis) is 1. The summed E-state index contributed by atoms with van der Waals surface area (Å²) in [5.41, 5.74) is 1.63. The molecule has 9 nitrogen and oxygen atoms in total. The number of esters is 1. The first-order valence-corrected chi connectivity index (χ1v) is 12.4. The lowest BCUT2D eigenvalue weighted by Gasteiger charge is -2.36. The first kappa shape index (κ1) is 30.9. The number of hydrogen-bond donors (Lipinski definition) is 2. The summed E-state index contributed by atoms with van der Waals surface area (Å²) in [4.78, 5) is 53.4. The minimum Gasteiger partial charge on any atom is -0.468 e. The van der Waals surface area contributed by atoms with Gasteiger partial charge in [-0.15, -0.1) is 0 Å². The van der Waals surface area contributed by atoms with Crippen LogP contribution in [0.15, 0.2) is 18.2 Å². The molecule has 9 heteroatoms. The Hall–Kier alpha value is -3.10. The number of amides is 3. The van der Waals surface area contributed by atoms with E-state index in [1.807, 2.05) is 52.8 Å². The van der Waals surface area contributed by atoms with E-state index in [2.05, 4.69) is 15.4 Å². The van der Waals surface area contributed by atoms with E-state index in [9.17, 15) is 19.2 Å². The van der Waals surface area contributed by atoms with Gasteiger partial charge < -0.3 is 25.0 Å². The largest absolute Gasteiger partial charge is 0.468 e. The van der Waals surface area contributed by atoms with Crippen LogP contribution in [0.5, 0.6) is 0 Å². The molecule has 0 saturated carbocycles. The quantitative estimate of drug-likeness (QED) is 0.442. The van der Waals surface area contributed by atoms with Gasteiger partial charge in [-0.25, -0.2) is 4.79 Å². The van der Waals surface area contributed by atoms with Crippen LogP contribution in [0.2, 0.25) is 0 Å². The van der Waals surface area contributed by atoms with Crippen LogP contribution in [0.4, 0.5) is 4.79 Å². The molecule has 1 aromatic rings. The Morgan fingerprint density at radius 2 is 1.64 bits per heavy atom. The van der Waals surface area contributed by atoms with Crippen LogP contribution < -0.4 is 10.6 Å². The molecule has 2 atom stereocenters. The molecule has 0 bridgehead atoms. The number of carbonyl (C=O) groups is 4. The van der Waals surface area contributed by atoms with E-state index in [1.54, 1.807) is 20.8 Å². The highest BCUT2D eigenvalue weighted by molar-refractivity contribution is 5.93. The summed E-state index contributed by atoms with van der Waals surface area (Å²) in [6.07, 6.45) is 0.733. The van der Waals surface area contributed by atoms with E-state index in [0.29, 0.717) is 18.5 Å². The third kappa shape index (κ3) is 9.17. The Labute approximate surface area is 215 Å². The van der Waals surface area contributed by atoms with Gasteiger partial charge in [-0.3, -0.25) is 14.4 Å². The van der Waals surface area contributed by atoms with Gasteiger partial charge in [-0.1, -0.05) is 45.4 Å². The summed E-state index contributed by atoms with van der Waals surface area (Å²) in [6, 6.07) is 3.72. The highest BCUT2D eigenvalue weighted by atomic mass is 16.6. The summed E-state index contributed by atoms with van der Waals surface area (Å²) in [7, 11) is 1.24. The number of nitrogens with zero attached hydrogens (tertiary/aromatic N) is 1. The highest BCUT2D eigenvalue weighted by Crippen LogP contribution is 2.29. The highest BCUT2D eigenvalue weighted by Gasteiger charge is 2.38. The van der Waals surface area contributed by atoms with Crippen LogP contribution in [-0.4, -0.2) is 60.6 Å². The van der Waals surface area contributed by atoms with E-state index in [1.165, 1.54) is 12.0 Å². The van der Waals surface area contributed by atoms with Gasteiger partial charge >= 0.3 is 12.1 Å². The summed E-state index contributed by atoms with van der Waals surface area (Å²) < 4.78 is 10.0. The standard InChI is InChI=1S/C27H43N3O6/c1-10-11-15-30(25(33)22(17(2)3)29-26(34)36-27(6,7)8)23(24(32)28-16-20(31)35-9)21-18(4)13-12-14-19(21)5/h12-14,17,22-23H,10-11,15-16H2,1-9H3,(H,28,32)(H,29,34). The van der Waals surface area contributed by atoms with Gasteiger partial charge in [0.25, 0.3) is 0 Å². The van der Waals surface area contributed by atoms with E-state index in [0.717, 1.165) is 17.5 Å². The number of aryl methyl sites for hydroxylation is 2. The maximum atomic E-state index is 14.0. The third-order valence-corrected chi connectivity index (χ3v) is 5.65. The molecule has 2 N–H and O–H groups in total. The van der Waals surface area contributed by atoms with Crippen molar-refractivity contribution >= 4 is 23.9 Å². The fraction of sp³-hybridized carbons (Fsp3) is 0.630. The van der Waals surface area contributed by atoms with Crippen molar-refractivity contribution in [3.05, 3.63) is 34.9 Å². The second-order valence-electron chi connectivity index (χ2n) is 10.3. The molecule has 202 valence electrons. The molecule has 36 heavy (non-hydrogen) atoms. The van der Waals surface area contributed by atoms with Crippen LogP contribution >= 0.6 is 0 Å². The zero-order valence-corrected chi connectivity index (χ0v) is 23.2. The fourth-order valence-corrected chi connectivity index (χ4v) is 3.84. The topological polar surface area (TPSA) is 114 Å². The molecule has 0 aliphatic heterocycles. The van der Waals surface area contributed by atoms with Gasteiger partial charge in [0.1, 0.15) is 24.2 Å². The minimum atomic E-state index is -1.00. The van der Waals surface area contributed by atoms with Crippen LogP contribution in [0.3, 0.4) is 0 Å². The molecule has 0 heterocycles. The summed E-state index contributed by atoms with van der Waals surface area (Å²) in [5.74, 6) is -1.76. The molecule has 0 spiro atoms. The van der Waals surface area contributed by atoms with Crippen molar-refractivity contribution in [2.75, 3.05) is 20.2 Å². The second-order valence-corrected chi connectivity index (χ2v) is 10.3. The predicted molar refractivity (Wildman–Crippen MR) is 138 cm³/mol. The minimum absolute atomic E-state index is 0.272. The zero-order valence-electron chi connectivity index (χ0n) is 23.2. The van der Waals surface area contributed by atoms with E-state index >= 15 is 0 Å². The average molecular weight is 506 g/mol. The van der Waals surface area contributed by atoms with E-state index < -0.39 is 41.6 Å². The number of unbranched alkanes of at least 4 members (excludes halogenated alkanes) is 1. The number of carbonyl (C=O) groups excluding carboxylic acids is 4. The summed E-state index contributed by atoms with van der Waals surface area (Å²) in [5, 5.41) is 5.32. The number of nitrogens with one attached hydrogen (secondary N) is 2. The lowest BCUT2D eigenvalue weighted by atomic mass is 9.92. The van der Waals surface area contributed by atoms with Crippen LogP contribution in [0, 0.1) is 19.8 Å². The van der Waals surface area contributed by atoms with Crippen LogP contribution in [-0.2, 0) is 23.9 Å². The number of rotatable bonds is 11. The van der Waals surface area contributed by atoms with E-state index in [4.69, 9.17) is 4.74 Å². The number of methoxy groups -OCH3 is 1. The van der Waals surface area contributed by atoms with Gasteiger partial charge in [0.05, 0.1) is 7.11 Å². The van der Waals surface area contributed by atoms with Crippen molar-refractivity contribution in [2.24, 2.45) is 5.92 Å². The Morgan fingerprint density at radius 3 is 2.11 bits per heavy atom. The number of benzene rings is 1. The van der Waals surface area contributed by atoms with Crippen LogP contribution in [0.1, 0.15) is 77.1 Å². The zero-order chi connectivity index (χ0) is 27.6. The van der Waals surface area contributed by atoms with Gasteiger partial charge in [-0.2, -0.15) is 0 Å². The maximum absolute atomic E-state index is 14.0. The van der Waals surface area contributed by atoms with Crippen molar-refractivity contribution in [3.63, 3.8) is 0 Å². The van der Waals surface area contributed by atoms with Crippen molar-refractivity contribution < 1.29 is 28.7 Å². The maximum Gasteiger partial charge on any atom is 0.408 e. The normalized spacial score (nSPS) is 12.9. The van der Waals surface area contributed by atoms with Crippen molar-refractivity contribution in [2.45, 2.75) is 85.9 Å². The molecule has 0 aromatic heterocycles. The van der Waals surface area contributed by atoms with Gasteiger partial charge in [0.15, 0.2) is 0 Å². The fourth-order valence-electron chi connectivity index (χ4n) is 3.84. The lowest BCUT2D eigenvalue weighted by Crippen LogP contribution is -2.55. The second kappa shape index (κ2) is 13.8. The van der Waals surface area contributed by atoms with E-state index in [-0.39, 0.29) is 12.5 Å². The van der Waals surface area contributed by atoms with Gasteiger partial charge in [0, 0.05) is 6.54 Å². The number of hydrogen-bond acceptors (Lipinski definition) is 6. The first-order chi connectivity index (χ1) is 16.7. The molecule has 0 radical (unpaired) electrons. The molecule has 1 aromatic carbocycles. The van der Waals surface area contributed by atoms with Crippen molar-refractivity contribution in [1.82, 2.24) is 15.5 Å². The van der Waals surface area contributed by atoms with Crippen molar-refractivity contribution in [3.8, 4) is 0 Å². The molecule has 1 rings (SSSR count). The molecular formula is C27H43N3O6. The Balaban J connectivity index is 3.54. The lowest BCUT2D eigenvalue weighted by molar-refractivity contribution is -0.145. The molecule has 0 fully saturated rings. The predicted octanol–water partition coefficient (Wildman–Crippen LogP) is 3.81. The average Bonchev–Trinajstić information content (AvgIpc) is 2.77. The third-order valence-electron chi connectivity index (χ3n) is 5.65. The Kier molecular flexibility index (Phi) is 11.9. The smallest absolute Gasteiger partial charge is 0.408 e. The molecule has 0 aliphatic rings. The number of ether oxygens (including phenoxy) is 2. The molecule has 3 amide bonds. The SMILES string of the molecule is CCCCN(C(=O)C(NC(=O)OC(C)(C)C)C(C)C)C(C(=O)NCC(=O)OC)c1c(C)cccc1C. The van der Waals surface area contributed by atoms with Gasteiger partial charge in [-0.05, 0) is 63.6 Å². The molecule has 0 aliphatic carbocycles. The summed E-state index contributed by atoms with van der Waals surface area (Å²) >= 11 is 0. The molecular weight excluding hydrogens is 462 g/mol. The van der Waals surface area contributed by atoms with Crippen molar-refractivity contribution in [1.29, 1.82) is 0 Å². The van der Waals surface area contributed by atoms with Crippen LogP contribution in [0.25, 0.3) is 0 Å². The monoisotopic (exact) mass is 505 g/mol. The Bertz CT molecular complexity index is 902. The van der Waals surface area contributed by atoms with Gasteiger partial charge in [0.2, 0.25) is 11.8 Å². The Morgan fingerprint density at radius 1 is 1.06 bits per heavy atom.